The molecule has 9 heteroatoms. The number of rotatable bonds is 3. The highest BCUT2D eigenvalue weighted by atomic mass is 16.6. The molecule has 2 saturated heterocycles. The van der Waals surface area contributed by atoms with Crippen molar-refractivity contribution in [2.45, 2.75) is 52.3 Å². The fraction of sp³-hybridized carbons (Fsp3) is 0.667. The van der Waals surface area contributed by atoms with Crippen molar-refractivity contribution in [2.24, 2.45) is 0 Å². The van der Waals surface area contributed by atoms with Gasteiger partial charge in [-0.1, -0.05) is 0 Å². The highest BCUT2D eigenvalue weighted by Gasteiger charge is 2.46. The minimum atomic E-state index is -0.616. The Labute approximate surface area is 158 Å². The number of aromatic nitrogens is 2. The summed E-state index contributed by atoms with van der Waals surface area (Å²) in [6.45, 7) is 8.23. The van der Waals surface area contributed by atoms with Gasteiger partial charge in [-0.25, -0.2) is 4.79 Å². The van der Waals surface area contributed by atoms with Crippen LogP contribution < -0.4 is 5.32 Å². The Morgan fingerprint density at radius 1 is 1.26 bits per heavy atom. The number of aryl methyl sites for hydroxylation is 2. The maximum absolute atomic E-state index is 12.5. The molecule has 1 N–H and O–H groups in total. The molecule has 0 bridgehead atoms. The van der Waals surface area contributed by atoms with E-state index in [-0.39, 0.29) is 12.6 Å². The lowest BCUT2D eigenvalue weighted by Gasteiger charge is -2.36. The summed E-state index contributed by atoms with van der Waals surface area (Å²) >= 11 is 0. The molecule has 0 radical (unpaired) electrons. The Morgan fingerprint density at radius 3 is 2.44 bits per heavy atom. The molecule has 1 aromatic rings. The van der Waals surface area contributed by atoms with Crippen LogP contribution >= 0.6 is 0 Å². The van der Waals surface area contributed by atoms with Gasteiger partial charge in [0, 0.05) is 57.3 Å². The Morgan fingerprint density at radius 2 is 1.93 bits per heavy atom. The lowest BCUT2D eigenvalue weighted by atomic mass is 9.91. The van der Waals surface area contributed by atoms with Crippen LogP contribution in [-0.4, -0.2) is 69.8 Å². The van der Waals surface area contributed by atoms with Crippen LogP contribution in [0.25, 0.3) is 0 Å². The van der Waals surface area contributed by atoms with E-state index < -0.39 is 17.4 Å². The van der Waals surface area contributed by atoms with E-state index in [0.29, 0.717) is 32.5 Å². The van der Waals surface area contributed by atoms with E-state index >= 15 is 0 Å². The number of amides is 3. The van der Waals surface area contributed by atoms with Crippen molar-refractivity contribution in [3.63, 3.8) is 0 Å². The van der Waals surface area contributed by atoms with E-state index in [1.165, 1.54) is 4.90 Å². The third-order valence-corrected chi connectivity index (χ3v) is 5.55. The minimum Gasteiger partial charge on any atom is -0.441 e. The molecule has 2 fully saturated rings. The summed E-state index contributed by atoms with van der Waals surface area (Å²) in [7, 11) is 1.70. The molecule has 1 aromatic heterocycles. The average molecular weight is 377 g/mol. The maximum Gasteiger partial charge on any atom is 0.410 e. The number of hydrogen-bond acceptors (Lipinski definition) is 5. The van der Waals surface area contributed by atoms with E-state index in [2.05, 4.69) is 10.4 Å². The Balaban J connectivity index is 1.54. The zero-order chi connectivity index (χ0) is 19.8. The van der Waals surface area contributed by atoms with E-state index in [0.717, 1.165) is 23.5 Å². The highest BCUT2D eigenvalue weighted by molar-refractivity contribution is 6.35. The Kier molecular flexibility index (Phi) is 5.12. The van der Waals surface area contributed by atoms with Gasteiger partial charge in [-0.3, -0.25) is 14.3 Å². The number of nitrogens with zero attached hydrogens (tertiary/aromatic N) is 4. The quantitative estimate of drug-likeness (QED) is 0.777. The van der Waals surface area contributed by atoms with Crippen LogP contribution in [0.4, 0.5) is 4.79 Å². The largest absolute Gasteiger partial charge is 0.441 e. The molecule has 1 spiro atoms. The first kappa shape index (κ1) is 19.2. The number of hydrogen-bond donors (Lipinski definition) is 1. The van der Waals surface area contributed by atoms with E-state index in [9.17, 15) is 14.4 Å². The molecular weight excluding hydrogens is 350 g/mol. The van der Waals surface area contributed by atoms with Crippen LogP contribution in [0.3, 0.4) is 0 Å². The number of nitrogens with one attached hydrogen (secondary N) is 1. The molecule has 0 aliphatic carbocycles. The van der Waals surface area contributed by atoms with Gasteiger partial charge in [0.1, 0.15) is 5.60 Å². The number of ether oxygens (including phenoxy) is 1. The normalized spacial score (nSPS) is 18.7. The van der Waals surface area contributed by atoms with Gasteiger partial charge in [0.05, 0.1) is 12.2 Å². The fourth-order valence-corrected chi connectivity index (χ4v) is 3.86. The second-order valence-electron chi connectivity index (χ2n) is 7.35. The van der Waals surface area contributed by atoms with Crippen LogP contribution in [0, 0.1) is 13.8 Å². The molecule has 27 heavy (non-hydrogen) atoms. The second-order valence-corrected chi connectivity index (χ2v) is 7.35. The van der Waals surface area contributed by atoms with Gasteiger partial charge < -0.3 is 19.9 Å². The van der Waals surface area contributed by atoms with Gasteiger partial charge in [0.2, 0.25) is 0 Å². The topological polar surface area (TPSA) is 96.8 Å². The Bertz CT molecular complexity index is 764. The summed E-state index contributed by atoms with van der Waals surface area (Å²) in [5, 5.41) is 7.13. The average Bonchev–Trinajstić information content (AvgIpc) is 3.08. The third-order valence-electron chi connectivity index (χ3n) is 5.55. The molecule has 0 aromatic carbocycles. The van der Waals surface area contributed by atoms with Crippen molar-refractivity contribution in [3.8, 4) is 0 Å². The number of likely N-dealkylation sites (N-methyl/N-ethyl adjacent to an activating group) is 1. The van der Waals surface area contributed by atoms with E-state index in [1.807, 2.05) is 25.5 Å². The smallest absolute Gasteiger partial charge is 0.410 e. The standard InChI is InChI=1S/C18H27N5O4/c1-5-23-13(3)14(12(2)20-23)10-19-15(24)16(25)22-8-6-18(7-9-22)11-21(4)17(26)27-18/h5-11H2,1-4H3,(H,19,24). The number of piperidine rings is 1. The summed E-state index contributed by atoms with van der Waals surface area (Å²) in [5.74, 6) is -1.16. The first-order valence-corrected chi connectivity index (χ1v) is 9.30. The number of carbonyl (C=O) groups is 3. The lowest BCUT2D eigenvalue weighted by molar-refractivity contribution is -0.148. The van der Waals surface area contributed by atoms with Gasteiger partial charge in [0.25, 0.3) is 0 Å². The predicted octanol–water partition coefficient (Wildman–Crippen LogP) is 0.579. The van der Waals surface area contributed by atoms with Crippen LogP contribution in [0.2, 0.25) is 0 Å². The van der Waals surface area contributed by atoms with Gasteiger partial charge in [-0.05, 0) is 20.8 Å². The van der Waals surface area contributed by atoms with Crippen LogP contribution in [0.15, 0.2) is 0 Å². The molecule has 0 saturated carbocycles. The molecular formula is C18H27N5O4. The van der Waals surface area contributed by atoms with Crippen LogP contribution in [-0.2, 0) is 27.4 Å². The van der Waals surface area contributed by atoms with Crippen LogP contribution in [0.5, 0.6) is 0 Å². The van der Waals surface area contributed by atoms with Crippen LogP contribution in [0.1, 0.15) is 36.7 Å². The van der Waals surface area contributed by atoms with Crippen molar-refractivity contribution in [2.75, 3.05) is 26.7 Å². The molecule has 2 aliphatic rings. The molecule has 3 amide bonds. The SMILES string of the molecule is CCn1nc(C)c(CNC(=O)C(=O)N2CCC3(CC2)CN(C)C(=O)O3)c1C. The van der Waals surface area contributed by atoms with Crippen molar-refractivity contribution in [3.05, 3.63) is 17.0 Å². The number of carbonyl (C=O) groups excluding carboxylic acids is 3. The fourth-order valence-electron chi connectivity index (χ4n) is 3.86. The first-order chi connectivity index (χ1) is 12.8. The number of likely N-dealkylation sites (tertiary alicyclic amines) is 1. The summed E-state index contributed by atoms with van der Waals surface area (Å²) in [4.78, 5) is 39.5. The molecule has 0 atom stereocenters. The maximum atomic E-state index is 12.5. The van der Waals surface area contributed by atoms with Gasteiger partial charge in [-0.2, -0.15) is 5.10 Å². The van der Waals surface area contributed by atoms with E-state index in [4.69, 9.17) is 4.74 Å². The molecule has 3 rings (SSSR count). The first-order valence-electron chi connectivity index (χ1n) is 9.30. The molecule has 9 nitrogen and oxygen atoms in total. The van der Waals surface area contributed by atoms with Gasteiger partial charge in [-0.15, -0.1) is 0 Å². The second kappa shape index (κ2) is 7.21. The summed E-state index contributed by atoms with van der Waals surface area (Å²) in [5.41, 5.74) is 2.27. The van der Waals surface area contributed by atoms with Gasteiger partial charge in [0.15, 0.2) is 0 Å². The van der Waals surface area contributed by atoms with Crippen molar-refractivity contribution in [1.29, 1.82) is 0 Å². The third kappa shape index (κ3) is 3.63. The zero-order valence-corrected chi connectivity index (χ0v) is 16.4. The molecule has 0 unspecified atom stereocenters. The van der Waals surface area contributed by atoms with Crippen molar-refractivity contribution in [1.82, 2.24) is 24.9 Å². The molecule has 2 aliphatic heterocycles. The highest BCUT2D eigenvalue weighted by Crippen LogP contribution is 2.32. The predicted molar refractivity (Wildman–Crippen MR) is 96.9 cm³/mol. The minimum absolute atomic E-state index is 0.280. The summed E-state index contributed by atoms with van der Waals surface area (Å²) < 4.78 is 7.35. The summed E-state index contributed by atoms with van der Waals surface area (Å²) in [6.07, 6.45) is 0.763. The van der Waals surface area contributed by atoms with Crippen molar-refractivity contribution >= 4 is 17.9 Å². The zero-order valence-electron chi connectivity index (χ0n) is 16.4. The molecule has 3 heterocycles. The molecule has 148 valence electrons. The lowest BCUT2D eigenvalue weighted by Crippen LogP contribution is -2.52. The summed E-state index contributed by atoms with van der Waals surface area (Å²) in [6, 6.07) is 0. The van der Waals surface area contributed by atoms with E-state index in [1.54, 1.807) is 11.9 Å². The van der Waals surface area contributed by atoms with Gasteiger partial charge >= 0.3 is 17.9 Å². The monoisotopic (exact) mass is 377 g/mol. The van der Waals surface area contributed by atoms with Crippen molar-refractivity contribution < 1.29 is 19.1 Å². The Hall–Kier alpha value is -2.58.